The van der Waals surface area contributed by atoms with E-state index in [0.717, 1.165) is 6.42 Å². The van der Waals surface area contributed by atoms with Crippen LogP contribution in [0.2, 0.25) is 0 Å². The van der Waals surface area contributed by atoms with Crippen LogP contribution < -0.4 is 0 Å². The fourth-order valence-corrected chi connectivity index (χ4v) is 3.34. The van der Waals surface area contributed by atoms with Gasteiger partial charge in [0.2, 0.25) is 5.91 Å². The molecule has 2 atom stereocenters. The molecule has 0 radical (unpaired) electrons. The molecule has 2 fully saturated rings. The Bertz CT molecular complexity index is 316. The number of hydrogen-bond donors (Lipinski definition) is 0. The van der Waals surface area contributed by atoms with Gasteiger partial charge in [-0.05, 0) is 18.3 Å². The van der Waals surface area contributed by atoms with E-state index in [9.17, 15) is 9.59 Å². The summed E-state index contributed by atoms with van der Waals surface area (Å²) in [5.74, 6) is 1.72. The first kappa shape index (κ1) is 11.6. The fourth-order valence-electron chi connectivity index (χ4n) is 3.34. The SMILES string of the molecule is CCC(=O)CCN1C(=O)CCC12C(C)C2C. The lowest BCUT2D eigenvalue weighted by molar-refractivity contribution is -0.130. The smallest absolute Gasteiger partial charge is 0.223 e. The molecule has 0 bridgehead atoms. The summed E-state index contributed by atoms with van der Waals surface area (Å²) in [4.78, 5) is 25.2. The number of nitrogens with zero attached hydrogens (tertiary/aromatic N) is 1. The Hall–Kier alpha value is -0.860. The van der Waals surface area contributed by atoms with E-state index in [1.807, 2.05) is 11.8 Å². The molecule has 3 nitrogen and oxygen atoms in total. The third kappa shape index (κ3) is 1.48. The predicted molar refractivity (Wildman–Crippen MR) is 61.9 cm³/mol. The standard InChI is InChI=1S/C13H21NO2/c1-4-11(15)6-8-14-12(16)5-7-13(14)9(2)10(13)3/h9-10H,4-8H2,1-3H3. The second-order valence-corrected chi connectivity index (χ2v) is 5.26. The van der Waals surface area contributed by atoms with Gasteiger partial charge in [-0.3, -0.25) is 9.59 Å². The zero-order valence-electron chi connectivity index (χ0n) is 10.5. The van der Waals surface area contributed by atoms with Gasteiger partial charge >= 0.3 is 0 Å². The number of likely N-dealkylation sites (tertiary alicyclic amines) is 1. The minimum absolute atomic E-state index is 0.116. The molecule has 2 unspecified atom stereocenters. The number of carbonyl (C=O) groups is 2. The molecule has 1 aliphatic carbocycles. The Labute approximate surface area is 97.2 Å². The first-order valence-corrected chi connectivity index (χ1v) is 6.36. The maximum Gasteiger partial charge on any atom is 0.223 e. The van der Waals surface area contributed by atoms with Gasteiger partial charge in [0.25, 0.3) is 0 Å². The van der Waals surface area contributed by atoms with Gasteiger partial charge < -0.3 is 4.90 Å². The molecule has 90 valence electrons. The van der Waals surface area contributed by atoms with Crippen molar-refractivity contribution in [1.82, 2.24) is 4.90 Å². The summed E-state index contributed by atoms with van der Waals surface area (Å²) in [6, 6.07) is 0. The summed E-state index contributed by atoms with van der Waals surface area (Å²) in [7, 11) is 0. The van der Waals surface area contributed by atoms with Gasteiger partial charge in [0.1, 0.15) is 5.78 Å². The molecular formula is C13H21NO2. The van der Waals surface area contributed by atoms with Crippen molar-refractivity contribution in [3.8, 4) is 0 Å². The van der Waals surface area contributed by atoms with Crippen molar-refractivity contribution in [2.75, 3.05) is 6.54 Å². The third-order valence-corrected chi connectivity index (χ3v) is 4.77. The monoisotopic (exact) mass is 223 g/mol. The van der Waals surface area contributed by atoms with Crippen molar-refractivity contribution < 1.29 is 9.59 Å². The predicted octanol–water partition coefficient (Wildman–Crippen LogP) is 2.00. The summed E-state index contributed by atoms with van der Waals surface area (Å²) in [5, 5.41) is 0. The highest BCUT2D eigenvalue weighted by atomic mass is 16.2. The lowest BCUT2D eigenvalue weighted by Gasteiger charge is -2.26. The van der Waals surface area contributed by atoms with Crippen LogP contribution in [-0.2, 0) is 9.59 Å². The van der Waals surface area contributed by atoms with Crippen LogP contribution in [0.3, 0.4) is 0 Å². The van der Waals surface area contributed by atoms with Crippen molar-refractivity contribution in [3.05, 3.63) is 0 Å². The van der Waals surface area contributed by atoms with E-state index in [0.29, 0.717) is 37.6 Å². The quantitative estimate of drug-likeness (QED) is 0.731. The first-order chi connectivity index (χ1) is 7.54. The Balaban J connectivity index is 2.01. The van der Waals surface area contributed by atoms with Gasteiger partial charge in [-0.25, -0.2) is 0 Å². The Morgan fingerprint density at radius 2 is 2.06 bits per heavy atom. The summed E-state index contributed by atoms with van der Waals surface area (Å²) in [5.41, 5.74) is 0.116. The van der Waals surface area contributed by atoms with Crippen molar-refractivity contribution in [1.29, 1.82) is 0 Å². The first-order valence-electron chi connectivity index (χ1n) is 6.36. The second-order valence-electron chi connectivity index (χ2n) is 5.26. The van der Waals surface area contributed by atoms with Crippen molar-refractivity contribution in [2.45, 2.75) is 52.0 Å². The summed E-state index contributed by atoms with van der Waals surface area (Å²) >= 11 is 0. The van der Waals surface area contributed by atoms with Crippen LogP contribution >= 0.6 is 0 Å². The molecule has 1 saturated heterocycles. The zero-order valence-corrected chi connectivity index (χ0v) is 10.5. The van der Waals surface area contributed by atoms with E-state index >= 15 is 0 Å². The zero-order chi connectivity index (χ0) is 11.9. The molecule has 1 amide bonds. The molecular weight excluding hydrogens is 202 g/mol. The number of Topliss-reactive ketones (excluding diaryl/α,β-unsaturated/α-hetero) is 1. The molecule has 0 aromatic carbocycles. The summed E-state index contributed by atoms with van der Waals surface area (Å²) in [6.07, 6.45) is 2.78. The van der Waals surface area contributed by atoms with E-state index in [-0.39, 0.29) is 17.2 Å². The van der Waals surface area contributed by atoms with Crippen LogP contribution in [0.25, 0.3) is 0 Å². The van der Waals surface area contributed by atoms with Crippen LogP contribution in [0, 0.1) is 11.8 Å². The van der Waals surface area contributed by atoms with Crippen molar-refractivity contribution in [3.63, 3.8) is 0 Å². The van der Waals surface area contributed by atoms with E-state index in [1.165, 1.54) is 0 Å². The van der Waals surface area contributed by atoms with Crippen molar-refractivity contribution in [2.24, 2.45) is 11.8 Å². The van der Waals surface area contributed by atoms with Gasteiger partial charge in [-0.15, -0.1) is 0 Å². The summed E-state index contributed by atoms with van der Waals surface area (Å²) < 4.78 is 0. The van der Waals surface area contributed by atoms with E-state index in [2.05, 4.69) is 13.8 Å². The van der Waals surface area contributed by atoms with Gasteiger partial charge in [0, 0.05) is 31.3 Å². The second kappa shape index (κ2) is 3.86. The summed E-state index contributed by atoms with van der Waals surface area (Å²) in [6.45, 7) is 6.96. The topological polar surface area (TPSA) is 37.4 Å². The highest BCUT2D eigenvalue weighted by Crippen LogP contribution is 2.60. The maximum absolute atomic E-state index is 11.8. The van der Waals surface area contributed by atoms with Gasteiger partial charge in [-0.1, -0.05) is 20.8 Å². The molecule has 0 aromatic rings. The lowest BCUT2D eigenvalue weighted by atomic mass is 10.1. The normalized spacial score (nSPS) is 37.2. The Morgan fingerprint density at radius 1 is 1.44 bits per heavy atom. The third-order valence-electron chi connectivity index (χ3n) is 4.77. The molecule has 0 N–H and O–H groups in total. The average molecular weight is 223 g/mol. The number of carbonyl (C=O) groups excluding carboxylic acids is 2. The molecule has 2 rings (SSSR count). The van der Waals surface area contributed by atoms with E-state index in [1.54, 1.807) is 0 Å². The number of hydrogen-bond acceptors (Lipinski definition) is 2. The molecule has 1 spiro atoms. The Kier molecular flexibility index (Phi) is 2.81. The molecule has 16 heavy (non-hydrogen) atoms. The number of amides is 1. The van der Waals surface area contributed by atoms with Crippen molar-refractivity contribution >= 4 is 11.7 Å². The molecule has 1 aliphatic heterocycles. The largest absolute Gasteiger partial charge is 0.336 e. The highest BCUT2D eigenvalue weighted by Gasteiger charge is 2.66. The van der Waals surface area contributed by atoms with Gasteiger partial charge in [0.15, 0.2) is 0 Å². The van der Waals surface area contributed by atoms with Crippen LogP contribution in [0.4, 0.5) is 0 Å². The molecule has 3 heteroatoms. The van der Waals surface area contributed by atoms with E-state index in [4.69, 9.17) is 0 Å². The maximum atomic E-state index is 11.8. The van der Waals surface area contributed by atoms with Gasteiger partial charge in [0.05, 0.1) is 0 Å². The van der Waals surface area contributed by atoms with Gasteiger partial charge in [-0.2, -0.15) is 0 Å². The highest BCUT2D eigenvalue weighted by molar-refractivity contribution is 5.83. The van der Waals surface area contributed by atoms with Crippen LogP contribution in [0.1, 0.15) is 46.5 Å². The lowest BCUT2D eigenvalue weighted by Crippen LogP contribution is -2.38. The van der Waals surface area contributed by atoms with Crippen LogP contribution in [0.15, 0.2) is 0 Å². The minimum atomic E-state index is 0.116. The molecule has 0 aromatic heterocycles. The minimum Gasteiger partial charge on any atom is -0.336 e. The average Bonchev–Trinajstić information content (AvgIpc) is 2.65. The molecule has 2 aliphatic rings. The molecule has 1 saturated carbocycles. The number of rotatable bonds is 4. The number of ketones is 1. The molecule has 1 heterocycles. The fraction of sp³-hybridized carbons (Fsp3) is 0.846. The van der Waals surface area contributed by atoms with Crippen LogP contribution in [0.5, 0.6) is 0 Å². The van der Waals surface area contributed by atoms with E-state index < -0.39 is 0 Å². The van der Waals surface area contributed by atoms with Crippen LogP contribution in [-0.4, -0.2) is 28.7 Å². The Morgan fingerprint density at radius 3 is 2.56 bits per heavy atom.